The topological polar surface area (TPSA) is 101 Å². The second-order valence-electron chi connectivity index (χ2n) is 4.35. The van der Waals surface area contributed by atoms with Gasteiger partial charge in [0.05, 0.1) is 5.69 Å². The number of anilines is 3. The lowest BCUT2D eigenvalue weighted by molar-refractivity contribution is 0.630. The Kier molecular flexibility index (Phi) is 2.71. The van der Waals surface area contributed by atoms with Gasteiger partial charge < -0.3 is 16.8 Å². The van der Waals surface area contributed by atoms with Crippen LogP contribution in [0.15, 0.2) is 6.07 Å². The second kappa shape index (κ2) is 3.65. The summed E-state index contributed by atoms with van der Waals surface area (Å²) in [4.78, 5) is 4.05. The van der Waals surface area contributed by atoms with Crippen molar-refractivity contribution < 1.29 is 0 Å². The highest BCUT2D eigenvalue weighted by Crippen LogP contribution is 2.23. The third-order valence-electron chi connectivity index (χ3n) is 1.67. The van der Waals surface area contributed by atoms with Crippen LogP contribution in [0.5, 0.6) is 0 Å². The molecule has 0 aliphatic rings. The molecule has 0 amide bonds. The second-order valence-corrected chi connectivity index (χ2v) is 4.35. The number of rotatable bonds is 1. The number of nitriles is 1. The van der Waals surface area contributed by atoms with Crippen molar-refractivity contribution in [1.29, 1.82) is 5.26 Å². The van der Waals surface area contributed by atoms with Gasteiger partial charge in [-0.05, 0) is 20.8 Å². The summed E-state index contributed by atoms with van der Waals surface area (Å²) in [5, 5.41) is 12.0. The van der Waals surface area contributed by atoms with Crippen LogP contribution in [0.2, 0.25) is 0 Å². The summed E-state index contributed by atoms with van der Waals surface area (Å²) < 4.78 is 0. The fraction of sp³-hybridized carbons (Fsp3) is 0.400. The molecule has 0 spiro atoms. The van der Waals surface area contributed by atoms with Crippen LogP contribution in [0.3, 0.4) is 0 Å². The summed E-state index contributed by atoms with van der Waals surface area (Å²) in [5.41, 5.74) is 11.7. The largest absolute Gasteiger partial charge is 0.397 e. The number of hydrogen-bond donors (Lipinski definition) is 3. The molecule has 0 aromatic carbocycles. The number of nitrogen functional groups attached to an aromatic ring is 2. The Balaban J connectivity index is 3.23. The number of nitrogens with one attached hydrogen (secondary N) is 1. The van der Waals surface area contributed by atoms with Crippen molar-refractivity contribution in [2.75, 3.05) is 16.8 Å². The van der Waals surface area contributed by atoms with Gasteiger partial charge in [-0.25, -0.2) is 4.98 Å². The summed E-state index contributed by atoms with van der Waals surface area (Å²) in [6.45, 7) is 5.90. The van der Waals surface area contributed by atoms with Crippen molar-refractivity contribution in [3.63, 3.8) is 0 Å². The van der Waals surface area contributed by atoms with E-state index in [1.807, 2.05) is 26.8 Å². The average Bonchev–Trinajstić information content (AvgIpc) is 1.99. The zero-order valence-corrected chi connectivity index (χ0v) is 9.13. The van der Waals surface area contributed by atoms with Gasteiger partial charge in [-0.1, -0.05) is 0 Å². The third kappa shape index (κ3) is 2.74. The van der Waals surface area contributed by atoms with E-state index in [1.165, 1.54) is 6.07 Å². The van der Waals surface area contributed by atoms with Crippen LogP contribution in [0.4, 0.5) is 17.3 Å². The standard InChI is InChI=1S/C10H15N5/c1-10(2,3)15-9-6(5-11)7(12)4-8(13)14-9/h4H,1-3H3,(H5,12,13,14,15). The molecule has 5 N–H and O–H groups in total. The van der Waals surface area contributed by atoms with Crippen molar-refractivity contribution in [1.82, 2.24) is 4.98 Å². The number of hydrogen-bond acceptors (Lipinski definition) is 5. The van der Waals surface area contributed by atoms with Gasteiger partial charge in [0, 0.05) is 11.6 Å². The van der Waals surface area contributed by atoms with Crippen molar-refractivity contribution in [3.05, 3.63) is 11.6 Å². The first-order valence-electron chi connectivity index (χ1n) is 4.58. The molecular weight excluding hydrogens is 190 g/mol. The molecule has 5 heteroatoms. The van der Waals surface area contributed by atoms with E-state index in [0.717, 1.165) is 0 Å². The van der Waals surface area contributed by atoms with E-state index in [4.69, 9.17) is 16.7 Å². The maximum absolute atomic E-state index is 8.94. The van der Waals surface area contributed by atoms with Gasteiger partial charge in [0.1, 0.15) is 23.3 Å². The maximum Gasteiger partial charge on any atom is 0.148 e. The van der Waals surface area contributed by atoms with Crippen molar-refractivity contribution in [2.45, 2.75) is 26.3 Å². The van der Waals surface area contributed by atoms with Crippen LogP contribution in [-0.4, -0.2) is 10.5 Å². The molecule has 1 heterocycles. The van der Waals surface area contributed by atoms with Crippen LogP contribution >= 0.6 is 0 Å². The Hall–Kier alpha value is -1.96. The molecule has 1 aromatic heterocycles. The Morgan fingerprint density at radius 3 is 2.47 bits per heavy atom. The van der Waals surface area contributed by atoms with Gasteiger partial charge in [0.25, 0.3) is 0 Å². The minimum atomic E-state index is -0.196. The molecule has 0 atom stereocenters. The van der Waals surface area contributed by atoms with E-state index >= 15 is 0 Å². The van der Waals surface area contributed by atoms with Gasteiger partial charge in [0.2, 0.25) is 0 Å². The van der Waals surface area contributed by atoms with Gasteiger partial charge in [0.15, 0.2) is 0 Å². The third-order valence-corrected chi connectivity index (χ3v) is 1.67. The molecule has 1 rings (SSSR count). The van der Waals surface area contributed by atoms with Crippen LogP contribution in [0.1, 0.15) is 26.3 Å². The van der Waals surface area contributed by atoms with E-state index in [-0.39, 0.29) is 5.54 Å². The molecule has 5 nitrogen and oxygen atoms in total. The van der Waals surface area contributed by atoms with E-state index in [1.54, 1.807) is 0 Å². The number of nitrogens with zero attached hydrogens (tertiary/aromatic N) is 2. The fourth-order valence-corrected chi connectivity index (χ4v) is 1.15. The van der Waals surface area contributed by atoms with Crippen molar-refractivity contribution in [2.24, 2.45) is 0 Å². The zero-order chi connectivity index (χ0) is 11.6. The maximum atomic E-state index is 8.94. The highest BCUT2D eigenvalue weighted by atomic mass is 15.1. The lowest BCUT2D eigenvalue weighted by Crippen LogP contribution is -2.27. The van der Waals surface area contributed by atoms with Crippen LogP contribution in [0.25, 0.3) is 0 Å². The molecule has 0 aliphatic carbocycles. The minimum Gasteiger partial charge on any atom is -0.397 e. The first-order chi connectivity index (χ1) is 6.83. The first kappa shape index (κ1) is 11.1. The Labute approximate surface area is 89.1 Å². The predicted molar refractivity (Wildman–Crippen MR) is 61.2 cm³/mol. The molecule has 0 saturated heterocycles. The normalized spacial score (nSPS) is 10.8. The van der Waals surface area contributed by atoms with E-state index < -0.39 is 0 Å². The SMILES string of the molecule is CC(C)(C)Nc1nc(N)cc(N)c1C#N. The quantitative estimate of drug-likeness (QED) is 0.642. The van der Waals surface area contributed by atoms with Gasteiger partial charge >= 0.3 is 0 Å². The molecule has 0 radical (unpaired) electrons. The van der Waals surface area contributed by atoms with Crippen LogP contribution in [0, 0.1) is 11.3 Å². The molecular formula is C10H15N5. The van der Waals surface area contributed by atoms with Crippen molar-refractivity contribution >= 4 is 17.3 Å². The van der Waals surface area contributed by atoms with Gasteiger partial charge in [-0.2, -0.15) is 5.26 Å². The molecule has 1 aromatic rings. The van der Waals surface area contributed by atoms with Gasteiger partial charge in [-0.15, -0.1) is 0 Å². The Bertz CT molecular complexity index is 411. The molecule has 80 valence electrons. The van der Waals surface area contributed by atoms with E-state index in [9.17, 15) is 0 Å². The number of aromatic nitrogens is 1. The van der Waals surface area contributed by atoms with Crippen molar-refractivity contribution in [3.8, 4) is 6.07 Å². The first-order valence-corrected chi connectivity index (χ1v) is 4.58. The predicted octanol–water partition coefficient (Wildman–Crippen LogP) is 1.33. The monoisotopic (exact) mass is 205 g/mol. The lowest BCUT2D eigenvalue weighted by atomic mass is 10.1. The molecule has 0 unspecified atom stereocenters. The molecule has 0 fully saturated rings. The number of pyridine rings is 1. The highest BCUT2D eigenvalue weighted by Gasteiger charge is 2.15. The zero-order valence-electron chi connectivity index (χ0n) is 9.13. The number of nitrogens with two attached hydrogens (primary N) is 2. The highest BCUT2D eigenvalue weighted by molar-refractivity contribution is 5.69. The Morgan fingerprint density at radius 1 is 1.40 bits per heavy atom. The fourth-order valence-electron chi connectivity index (χ4n) is 1.15. The summed E-state index contributed by atoms with van der Waals surface area (Å²) >= 11 is 0. The summed E-state index contributed by atoms with van der Waals surface area (Å²) in [6.07, 6.45) is 0. The summed E-state index contributed by atoms with van der Waals surface area (Å²) in [7, 11) is 0. The van der Waals surface area contributed by atoms with E-state index in [2.05, 4.69) is 10.3 Å². The summed E-state index contributed by atoms with van der Waals surface area (Å²) in [6, 6.07) is 3.49. The lowest BCUT2D eigenvalue weighted by Gasteiger charge is -2.22. The molecule has 0 aliphatic heterocycles. The average molecular weight is 205 g/mol. The smallest absolute Gasteiger partial charge is 0.148 e. The van der Waals surface area contributed by atoms with E-state index in [0.29, 0.717) is 22.9 Å². The molecule has 15 heavy (non-hydrogen) atoms. The van der Waals surface area contributed by atoms with Crippen LogP contribution < -0.4 is 16.8 Å². The summed E-state index contributed by atoms with van der Waals surface area (Å²) in [5.74, 6) is 0.737. The minimum absolute atomic E-state index is 0.196. The molecule has 0 saturated carbocycles. The van der Waals surface area contributed by atoms with Gasteiger partial charge in [-0.3, -0.25) is 0 Å². The van der Waals surface area contributed by atoms with Crippen LogP contribution in [-0.2, 0) is 0 Å². The molecule has 0 bridgehead atoms. The Morgan fingerprint density at radius 2 is 2.00 bits per heavy atom.